The quantitative estimate of drug-likeness (QED) is 0.435. The van der Waals surface area contributed by atoms with Gasteiger partial charge in [0.25, 0.3) is 0 Å². The summed E-state index contributed by atoms with van der Waals surface area (Å²) in [4.78, 5) is 0. The Morgan fingerprint density at radius 2 is 1.45 bits per heavy atom. The summed E-state index contributed by atoms with van der Waals surface area (Å²) in [5, 5.41) is 11.1. The predicted molar refractivity (Wildman–Crippen MR) is 40.9 cm³/mol. The third-order valence-electron chi connectivity index (χ3n) is 1.00. The smallest absolute Gasteiger partial charge is 0.870 e. The molecule has 1 aromatic rings. The Labute approximate surface area is 102 Å². The topological polar surface area (TPSA) is 23.1 Å². The van der Waals surface area contributed by atoms with Gasteiger partial charge in [-0.15, -0.1) is 0 Å². The monoisotopic (exact) mass is 218 g/mol. The maximum atomic E-state index is 10.8. The fourth-order valence-corrected chi connectivity index (χ4v) is 1.03. The van der Waals surface area contributed by atoms with E-state index in [2.05, 4.69) is 0 Å². The summed E-state index contributed by atoms with van der Waals surface area (Å²) in [6.07, 6.45) is 0. The number of hydrogen-bond donors (Lipinski definition) is 0. The molecule has 0 spiro atoms. The molecular weight excluding hydrogens is 217 g/mol. The second-order valence-corrected chi connectivity index (χ2v) is 2.86. The predicted octanol–water partition coefficient (Wildman–Crippen LogP) is -0.276. The van der Waals surface area contributed by atoms with Gasteiger partial charge in [-0.1, -0.05) is 40.6 Å². The maximum Gasteiger partial charge on any atom is 1.00 e. The van der Waals surface area contributed by atoms with Crippen LogP contribution in [-0.4, -0.2) is 0 Å². The zero-order valence-corrected chi connectivity index (χ0v) is 9.96. The number of halogens is 3. The molecule has 5 heteroatoms. The van der Waals surface area contributed by atoms with Crippen LogP contribution >= 0.6 is 34.8 Å². The van der Waals surface area contributed by atoms with Gasteiger partial charge in [-0.05, 0) is 12.1 Å². The zero-order chi connectivity index (χ0) is 7.72. The van der Waals surface area contributed by atoms with E-state index in [0.717, 1.165) is 0 Å². The Bertz CT molecular complexity index is 237. The van der Waals surface area contributed by atoms with Gasteiger partial charge in [-0.2, -0.15) is 0 Å². The molecule has 0 aliphatic carbocycles. The van der Waals surface area contributed by atoms with Crippen molar-refractivity contribution < 1.29 is 34.7 Å². The van der Waals surface area contributed by atoms with Gasteiger partial charge in [-0.25, -0.2) is 0 Å². The van der Waals surface area contributed by atoms with E-state index in [-0.39, 0.29) is 44.6 Å². The Morgan fingerprint density at radius 3 is 1.91 bits per heavy atom. The molecule has 0 fully saturated rings. The molecule has 0 bridgehead atoms. The summed E-state index contributed by atoms with van der Waals surface area (Å²) in [7, 11) is 0. The molecule has 0 saturated carbocycles. The molecule has 11 heavy (non-hydrogen) atoms. The Morgan fingerprint density at radius 1 is 1.00 bits per heavy atom. The summed E-state index contributed by atoms with van der Waals surface area (Å²) in [5.74, 6) is -0.421. The van der Waals surface area contributed by atoms with Crippen molar-refractivity contribution in [3.05, 3.63) is 27.2 Å². The number of rotatable bonds is 0. The van der Waals surface area contributed by atoms with Gasteiger partial charge in [0.15, 0.2) is 0 Å². The van der Waals surface area contributed by atoms with Crippen LogP contribution in [0.15, 0.2) is 12.1 Å². The average molecular weight is 219 g/mol. The van der Waals surface area contributed by atoms with Crippen LogP contribution in [-0.2, 0) is 0 Å². The third-order valence-corrected chi connectivity index (χ3v) is 2.09. The molecule has 0 radical (unpaired) electrons. The van der Waals surface area contributed by atoms with Crippen LogP contribution in [0, 0.1) is 0 Å². The standard InChI is InChI=1S/C6H3Cl3O.Na/c7-3-1-2-4(8)6(10)5(3)9;/h1-2,10H;/q;+1/p-1. The molecule has 0 amide bonds. The molecule has 0 aliphatic rings. The van der Waals surface area contributed by atoms with Crippen molar-refractivity contribution in [2.75, 3.05) is 0 Å². The summed E-state index contributed by atoms with van der Waals surface area (Å²) in [6.45, 7) is 0. The van der Waals surface area contributed by atoms with Gasteiger partial charge in [0.2, 0.25) is 0 Å². The van der Waals surface area contributed by atoms with Gasteiger partial charge in [0.1, 0.15) is 0 Å². The van der Waals surface area contributed by atoms with E-state index in [9.17, 15) is 5.11 Å². The number of benzene rings is 1. The van der Waals surface area contributed by atoms with Crippen molar-refractivity contribution in [1.82, 2.24) is 0 Å². The second kappa shape index (κ2) is 4.80. The first-order valence-electron chi connectivity index (χ1n) is 2.43. The first kappa shape index (κ1) is 11.9. The SMILES string of the molecule is [Na+].[O-]c1c(Cl)ccc(Cl)c1Cl. The molecule has 0 unspecified atom stereocenters. The zero-order valence-electron chi connectivity index (χ0n) is 5.70. The summed E-state index contributed by atoms with van der Waals surface area (Å²) < 4.78 is 0. The fraction of sp³-hybridized carbons (Fsp3) is 0. The van der Waals surface area contributed by atoms with Crippen molar-refractivity contribution in [2.24, 2.45) is 0 Å². The maximum absolute atomic E-state index is 10.8. The van der Waals surface area contributed by atoms with Crippen LogP contribution in [0.1, 0.15) is 0 Å². The van der Waals surface area contributed by atoms with Gasteiger partial charge in [0, 0.05) is 5.02 Å². The summed E-state index contributed by atoms with van der Waals surface area (Å²) in [6, 6.07) is 2.89. The molecule has 0 aromatic heterocycles. The van der Waals surface area contributed by atoms with Crippen LogP contribution in [0.5, 0.6) is 5.75 Å². The molecule has 54 valence electrons. The molecular formula is C6H2Cl3NaO. The van der Waals surface area contributed by atoms with E-state index in [1.807, 2.05) is 0 Å². The van der Waals surface area contributed by atoms with Crippen molar-refractivity contribution in [3.63, 3.8) is 0 Å². The molecule has 1 rings (SSSR count). The average Bonchev–Trinajstić information content (AvgIpc) is 1.93. The van der Waals surface area contributed by atoms with E-state index in [4.69, 9.17) is 34.8 Å². The molecule has 0 saturated heterocycles. The van der Waals surface area contributed by atoms with Crippen LogP contribution in [0.3, 0.4) is 0 Å². The minimum Gasteiger partial charge on any atom is -0.870 e. The molecule has 1 aromatic carbocycles. The fourth-order valence-electron chi connectivity index (χ4n) is 0.508. The van der Waals surface area contributed by atoms with Gasteiger partial charge >= 0.3 is 29.6 Å². The Hall–Kier alpha value is 0.890. The molecule has 0 atom stereocenters. The van der Waals surface area contributed by atoms with E-state index in [0.29, 0.717) is 0 Å². The normalized spacial score (nSPS) is 9.00. The molecule has 0 N–H and O–H groups in total. The van der Waals surface area contributed by atoms with E-state index < -0.39 is 5.75 Å². The first-order chi connectivity index (χ1) is 4.63. The summed E-state index contributed by atoms with van der Waals surface area (Å²) >= 11 is 16.4. The van der Waals surface area contributed by atoms with Crippen LogP contribution in [0.25, 0.3) is 0 Å². The van der Waals surface area contributed by atoms with Crippen molar-refractivity contribution in [3.8, 4) is 5.75 Å². The van der Waals surface area contributed by atoms with E-state index in [1.165, 1.54) is 12.1 Å². The number of hydrogen-bond acceptors (Lipinski definition) is 1. The van der Waals surface area contributed by atoms with Gasteiger partial charge < -0.3 is 5.11 Å². The van der Waals surface area contributed by atoms with E-state index >= 15 is 0 Å². The van der Waals surface area contributed by atoms with Crippen molar-refractivity contribution >= 4 is 34.8 Å². The second-order valence-electron chi connectivity index (χ2n) is 1.67. The Kier molecular flexibility index (Phi) is 5.19. The van der Waals surface area contributed by atoms with Gasteiger partial charge in [0.05, 0.1) is 10.0 Å². The largest absolute Gasteiger partial charge is 1.00 e. The minimum atomic E-state index is -0.421. The van der Waals surface area contributed by atoms with Crippen molar-refractivity contribution in [1.29, 1.82) is 0 Å². The minimum absolute atomic E-state index is 0. The summed E-state index contributed by atoms with van der Waals surface area (Å²) in [5.41, 5.74) is 0. The Balaban J connectivity index is 0.000001000. The molecule has 0 aliphatic heterocycles. The van der Waals surface area contributed by atoms with Gasteiger partial charge in [-0.3, -0.25) is 0 Å². The molecule has 1 nitrogen and oxygen atoms in total. The molecule has 0 heterocycles. The first-order valence-corrected chi connectivity index (χ1v) is 3.57. The van der Waals surface area contributed by atoms with Crippen molar-refractivity contribution in [2.45, 2.75) is 0 Å². The van der Waals surface area contributed by atoms with Crippen LogP contribution in [0.2, 0.25) is 15.1 Å². The van der Waals surface area contributed by atoms with Crippen LogP contribution < -0.4 is 34.7 Å². The third kappa shape index (κ3) is 2.69. The van der Waals surface area contributed by atoms with E-state index in [1.54, 1.807) is 0 Å². The van der Waals surface area contributed by atoms with Crippen LogP contribution in [0.4, 0.5) is 0 Å².